The Kier molecular flexibility index (Phi) is 3.84. The molecule has 0 saturated heterocycles. The Balaban J connectivity index is 2.17. The van der Waals surface area contributed by atoms with E-state index < -0.39 is 0 Å². The van der Waals surface area contributed by atoms with Gasteiger partial charge in [0.1, 0.15) is 5.52 Å². The molecule has 1 unspecified atom stereocenters. The maximum Gasteiger partial charge on any atom is 0.293 e. The number of hydrogen-bond acceptors (Lipinski definition) is 4. The summed E-state index contributed by atoms with van der Waals surface area (Å²) in [5.74, 6) is -0.180. The fraction of sp³-hybridized carbons (Fsp3) is 0.333. The van der Waals surface area contributed by atoms with Crippen LogP contribution in [0, 0.1) is 0 Å². The lowest BCUT2D eigenvalue weighted by molar-refractivity contribution is 0.0905. The molecule has 1 atom stereocenters. The van der Waals surface area contributed by atoms with Crippen LogP contribution in [-0.2, 0) is 4.74 Å². The molecular formula is C12H13ClN2O3. The number of nitrogens with one attached hydrogen (secondary N) is 1. The smallest absolute Gasteiger partial charge is 0.293 e. The third-order valence-corrected chi connectivity index (χ3v) is 2.58. The van der Waals surface area contributed by atoms with Crippen LogP contribution in [0.15, 0.2) is 22.6 Å². The lowest BCUT2D eigenvalue weighted by Gasteiger charge is -2.12. The van der Waals surface area contributed by atoms with E-state index in [2.05, 4.69) is 10.3 Å². The van der Waals surface area contributed by atoms with Crippen LogP contribution in [0.1, 0.15) is 17.3 Å². The number of halogens is 1. The highest BCUT2D eigenvalue weighted by Crippen LogP contribution is 2.19. The number of amides is 1. The minimum Gasteiger partial charge on any atom is -0.428 e. The first-order valence-corrected chi connectivity index (χ1v) is 5.84. The van der Waals surface area contributed by atoms with Crippen molar-refractivity contribution in [3.63, 3.8) is 0 Å². The number of fused-ring (bicyclic) bond motifs is 1. The van der Waals surface area contributed by atoms with Gasteiger partial charge in [0.15, 0.2) is 5.58 Å². The molecule has 0 saturated carbocycles. The van der Waals surface area contributed by atoms with E-state index in [4.69, 9.17) is 20.8 Å². The number of ether oxygens (including phenoxy) is 1. The molecule has 2 aromatic rings. The molecule has 0 bridgehead atoms. The fourth-order valence-corrected chi connectivity index (χ4v) is 1.81. The van der Waals surface area contributed by atoms with Crippen LogP contribution in [0.25, 0.3) is 11.1 Å². The predicted molar refractivity (Wildman–Crippen MR) is 67.8 cm³/mol. The van der Waals surface area contributed by atoms with Crippen molar-refractivity contribution in [1.29, 1.82) is 0 Å². The minimum absolute atomic E-state index is 0.0564. The van der Waals surface area contributed by atoms with Crippen molar-refractivity contribution < 1.29 is 13.9 Å². The molecule has 0 spiro atoms. The highest BCUT2D eigenvalue weighted by Gasteiger charge is 2.12. The van der Waals surface area contributed by atoms with Gasteiger partial charge in [-0.25, -0.2) is 0 Å². The Morgan fingerprint density at radius 3 is 3.11 bits per heavy atom. The van der Waals surface area contributed by atoms with Crippen LogP contribution in [-0.4, -0.2) is 30.6 Å². The topological polar surface area (TPSA) is 64.4 Å². The van der Waals surface area contributed by atoms with Crippen LogP contribution in [0.5, 0.6) is 0 Å². The Bertz CT molecular complexity index is 567. The number of nitrogens with zero attached hydrogens (tertiary/aromatic N) is 1. The molecule has 0 aliphatic rings. The van der Waals surface area contributed by atoms with E-state index in [1.54, 1.807) is 25.3 Å². The zero-order valence-corrected chi connectivity index (χ0v) is 10.8. The van der Waals surface area contributed by atoms with Crippen molar-refractivity contribution in [3.05, 3.63) is 29.1 Å². The Morgan fingerprint density at radius 2 is 2.39 bits per heavy atom. The highest BCUT2D eigenvalue weighted by atomic mass is 35.5. The predicted octanol–water partition coefficient (Wildman–Crippen LogP) is 2.25. The molecule has 2 rings (SSSR count). The van der Waals surface area contributed by atoms with Gasteiger partial charge in [-0.3, -0.25) is 4.79 Å². The van der Waals surface area contributed by atoms with Crippen LogP contribution >= 0.6 is 11.6 Å². The first-order valence-electron chi connectivity index (χ1n) is 5.46. The quantitative estimate of drug-likeness (QED) is 0.924. The van der Waals surface area contributed by atoms with Crippen molar-refractivity contribution in [2.75, 3.05) is 13.7 Å². The Morgan fingerprint density at radius 1 is 1.61 bits per heavy atom. The van der Waals surface area contributed by atoms with Crippen molar-refractivity contribution in [3.8, 4) is 0 Å². The molecule has 1 N–H and O–H groups in total. The molecule has 0 radical (unpaired) electrons. The molecule has 0 aliphatic carbocycles. The molecule has 1 aromatic heterocycles. The Hall–Kier alpha value is -1.59. The lowest BCUT2D eigenvalue weighted by Crippen LogP contribution is -2.35. The average Bonchev–Trinajstić information content (AvgIpc) is 2.68. The summed E-state index contributed by atoms with van der Waals surface area (Å²) in [4.78, 5) is 15.9. The van der Waals surface area contributed by atoms with E-state index in [9.17, 15) is 4.79 Å². The maximum atomic E-state index is 11.9. The number of carbonyl (C=O) groups excluding carboxylic acids is 1. The third kappa shape index (κ3) is 2.80. The van der Waals surface area contributed by atoms with Gasteiger partial charge in [-0.05, 0) is 36.7 Å². The van der Waals surface area contributed by atoms with Gasteiger partial charge < -0.3 is 14.5 Å². The van der Waals surface area contributed by atoms with E-state index >= 15 is 0 Å². The number of methoxy groups -OCH3 is 1. The van der Waals surface area contributed by atoms with Crippen molar-refractivity contribution >= 4 is 28.6 Å². The molecule has 6 heteroatoms. The van der Waals surface area contributed by atoms with Crippen LogP contribution in [0.3, 0.4) is 0 Å². The molecule has 1 amide bonds. The van der Waals surface area contributed by atoms with E-state index in [1.165, 1.54) is 0 Å². The number of oxazole rings is 1. The molecule has 96 valence electrons. The largest absolute Gasteiger partial charge is 0.428 e. The number of hydrogen-bond donors (Lipinski definition) is 1. The van der Waals surface area contributed by atoms with Gasteiger partial charge >= 0.3 is 0 Å². The van der Waals surface area contributed by atoms with Crippen molar-refractivity contribution in [1.82, 2.24) is 10.3 Å². The highest BCUT2D eigenvalue weighted by molar-refractivity contribution is 6.28. The second-order valence-corrected chi connectivity index (χ2v) is 4.30. The maximum absolute atomic E-state index is 11.9. The first kappa shape index (κ1) is 12.9. The summed E-state index contributed by atoms with van der Waals surface area (Å²) in [5, 5.41) is 2.88. The Labute approximate surface area is 109 Å². The summed E-state index contributed by atoms with van der Waals surface area (Å²) in [6.07, 6.45) is 0. The molecule has 0 aliphatic heterocycles. The molecule has 18 heavy (non-hydrogen) atoms. The van der Waals surface area contributed by atoms with E-state index in [-0.39, 0.29) is 17.3 Å². The summed E-state index contributed by atoms with van der Waals surface area (Å²) in [7, 11) is 1.59. The minimum atomic E-state index is -0.180. The van der Waals surface area contributed by atoms with Crippen LogP contribution in [0.4, 0.5) is 0 Å². The van der Waals surface area contributed by atoms with Gasteiger partial charge in [0.25, 0.3) is 11.3 Å². The number of carbonyl (C=O) groups is 1. The van der Waals surface area contributed by atoms with Gasteiger partial charge in [-0.15, -0.1) is 0 Å². The van der Waals surface area contributed by atoms with Gasteiger partial charge in [0.05, 0.1) is 6.61 Å². The second-order valence-electron chi connectivity index (χ2n) is 3.98. The van der Waals surface area contributed by atoms with Crippen LogP contribution in [0.2, 0.25) is 5.35 Å². The fourth-order valence-electron chi connectivity index (χ4n) is 1.64. The monoisotopic (exact) mass is 268 g/mol. The van der Waals surface area contributed by atoms with Crippen molar-refractivity contribution in [2.24, 2.45) is 0 Å². The molecule has 5 nitrogen and oxygen atoms in total. The normalized spacial score (nSPS) is 12.6. The van der Waals surface area contributed by atoms with Gasteiger partial charge in [0, 0.05) is 18.7 Å². The first-order chi connectivity index (χ1) is 8.60. The summed E-state index contributed by atoms with van der Waals surface area (Å²) >= 11 is 5.65. The average molecular weight is 269 g/mol. The zero-order valence-electron chi connectivity index (χ0n) is 10.1. The third-order valence-electron chi connectivity index (χ3n) is 2.42. The number of benzene rings is 1. The molecule has 0 fully saturated rings. The number of rotatable bonds is 4. The molecule has 1 aromatic carbocycles. The lowest BCUT2D eigenvalue weighted by atomic mass is 10.2. The number of aromatic nitrogens is 1. The summed E-state index contributed by atoms with van der Waals surface area (Å²) in [5.41, 5.74) is 1.63. The molecule has 1 heterocycles. The standard InChI is InChI=1S/C12H13ClN2O3/c1-7(6-17-2)14-11(16)8-3-4-10-9(5-8)15-12(13)18-10/h3-5,7H,6H2,1-2H3,(H,14,16). The van der Waals surface area contributed by atoms with Gasteiger partial charge in [-0.2, -0.15) is 4.98 Å². The van der Waals surface area contributed by atoms with E-state index in [0.29, 0.717) is 23.3 Å². The van der Waals surface area contributed by atoms with Gasteiger partial charge in [0.2, 0.25) is 0 Å². The summed E-state index contributed by atoms with van der Waals surface area (Å²) in [6, 6.07) is 4.92. The molecular weight excluding hydrogens is 256 g/mol. The van der Waals surface area contributed by atoms with E-state index in [0.717, 1.165) is 0 Å². The second kappa shape index (κ2) is 5.37. The van der Waals surface area contributed by atoms with Gasteiger partial charge in [-0.1, -0.05) is 0 Å². The van der Waals surface area contributed by atoms with E-state index in [1.807, 2.05) is 6.92 Å². The van der Waals surface area contributed by atoms with Crippen molar-refractivity contribution in [2.45, 2.75) is 13.0 Å². The SMILES string of the molecule is COCC(C)NC(=O)c1ccc2oc(Cl)nc2c1. The summed E-state index contributed by atoms with van der Waals surface area (Å²) in [6.45, 7) is 2.33. The summed E-state index contributed by atoms with van der Waals surface area (Å²) < 4.78 is 10.1. The zero-order chi connectivity index (χ0) is 13.1. The van der Waals surface area contributed by atoms with Crippen LogP contribution < -0.4 is 5.32 Å².